The molecule has 0 fully saturated rings. The highest BCUT2D eigenvalue weighted by molar-refractivity contribution is 5.85. The summed E-state index contributed by atoms with van der Waals surface area (Å²) in [5, 5.41) is 10.5. The first kappa shape index (κ1) is 12.1. The number of aryl methyl sites for hydroxylation is 1. The molecule has 1 heterocycles. The Kier molecular flexibility index (Phi) is 3.50. The number of para-hydroxylation sites is 1. The summed E-state index contributed by atoms with van der Waals surface area (Å²) in [6, 6.07) is 8.38. The van der Waals surface area contributed by atoms with Gasteiger partial charge in [-0.2, -0.15) is 0 Å². The highest BCUT2D eigenvalue weighted by Gasteiger charge is 2.15. The highest BCUT2D eigenvalue weighted by Crippen LogP contribution is 2.26. The molecule has 0 aliphatic rings. The summed E-state index contributed by atoms with van der Waals surface area (Å²) in [6.07, 6.45) is 0.847. The number of nitrogens with two attached hydrogens (primary N) is 1. The van der Waals surface area contributed by atoms with Crippen LogP contribution in [0.4, 0.5) is 0 Å². The standard InChI is InChI=1S/C14H20N2O/c1-10-13(7-11(8-15)9-17)12-5-3-4-6-14(12)16(10)2/h3-6,11,17H,7-9,15H2,1-2H3. The molecule has 17 heavy (non-hydrogen) atoms. The number of aliphatic hydroxyl groups excluding tert-OH is 1. The average Bonchev–Trinajstić information content (AvgIpc) is 2.61. The Labute approximate surface area is 102 Å². The van der Waals surface area contributed by atoms with Crippen molar-refractivity contribution in [2.45, 2.75) is 13.3 Å². The maximum absolute atomic E-state index is 9.27. The largest absolute Gasteiger partial charge is 0.396 e. The zero-order valence-corrected chi connectivity index (χ0v) is 10.5. The van der Waals surface area contributed by atoms with Gasteiger partial charge in [-0.1, -0.05) is 18.2 Å². The van der Waals surface area contributed by atoms with E-state index in [9.17, 15) is 5.11 Å². The second-order valence-corrected chi connectivity index (χ2v) is 4.63. The fraction of sp³-hybridized carbons (Fsp3) is 0.429. The van der Waals surface area contributed by atoms with Crippen LogP contribution in [-0.4, -0.2) is 22.8 Å². The quantitative estimate of drug-likeness (QED) is 0.841. The molecule has 1 aromatic carbocycles. The molecule has 0 bridgehead atoms. The van der Waals surface area contributed by atoms with E-state index in [-0.39, 0.29) is 12.5 Å². The van der Waals surface area contributed by atoms with E-state index in [2.05, 4.69) is 42.8 Å². The molecule has 0 amide bonds. The fourth-order valence-corrected chi connectivity index (χ4v) is 2.37. The van der Waals surface area contributed by atoms with Crippen LogP contribution in [0.1, 0.15) is 11.3 Å². The van der Waals surface area contributed by atoms with Gasteiger partial charge in [0.2, 0.25) is 0 Å². The van der Waals surface area contributed by atoms with Gasteiger partial charge in [0.25, 0.3) is 0 Å². The lowest BCUT2D eigenvalue weighted by molar-refractivity contribution is 0.230. The van der Waals surface area contributed by atoms with Gasteiger partial charge < -0.3 is 15.4 Å². The van der Waals surface area contributed by atoms with Gasteiger partial charge in [-0.05, 0) is 37.4 Å². The van der Waals surface area contributed by atoms with Crippen molar-refractivity contribution in [1.82, 2.24) is 4.57 Å². The van der Waals surface area contributed by atoms with Crippen LogP contribution >= 0.6 is 0 Å². The van der Waals surface area contributed by atoms with Crippen molar-refractivity contribution in [3.63, 3.8) is 0 Å². The minimum atomic E-state index is 0.152. The van der Waals surface area contributed by atoms with Crippen molar-refractivity contribution in [2.75, 3.05) is 13.2 Å². The predicted molar refractivity (Wildman–Crippen MR) is 71.0 cm³/mol. The summed E-state index contributed by atoms with van der Waals surface area (Å²) < 4.78 is 2.20. The molecular formula is C14H20N2O. The van der Waals surface area contributed by atoms with E-state index in [1.165, 1.54) is 22.2 Å². The van der Waals surface area contributed by atoms with Crippen LogP contribution in [0.2, 0.25) is 0 Å². The molecule has 92 valence electrons. The van der Waals surface area contributed by atoms with Gasteiger partial charge in [0.05, 0.1) is 0 Å². The molecule has 0 saturated heterocycles. The van der Waals surface area contributed by atoms with Gasteiger partial charge in [0.15, 0.2) is 0 Å². The Hall–Kier alpha value is -1.32. The number of hydrogen-bond acceptors (Lipinski definition) is 2. The Bertz CT molecular complexity index is 512. The van der Waals surface area contributed by atoms with E-state index in [1.54, 1.807) is 0 Å². The molecule has 3 nitrogen and oxygen atoms in total. The van der Waals surface area contributed by atoms with Crippen molar-refractivity contribution in [1.29, 1.82) is 0 Å². The lowest BCUT2D eigenvalue weighted by Crippen LogP contribution is -2.20. The number of rotatable bonds is 4. The molecule has 2 rings (SSSR count). The number of hydrogen-bond donors (Lipinski definition) is 2. The van der Waals surface area contributed by atoms with Crippen LogP contribution in [0.25, 0.3) is 10.9 Å². The van der Waals surface area contributed by atoms with E-state index in [0.29, 0.717) is 6.54 Å². The number of fused-ring (bicyclic) bond motifs is 1. The van der Waals surface area contributed by atoms with Gasteiger partial charge in [-0.25, -0.2) is 0 Å². The van der Waals surface area contributed by atoms with Crippen LogP contribution in [0.5, 0.6) is 0 Å². The smallest absolute Gasteiger partial charge is 0.0482 e. The SMILES string of the molecule is Cc1c(CC(CN)CO)c2ccccc2n1C. The summed E-state index contributed by atoms with van der Waals surface area (Å²) in [5.74, 6) is 0.152. The van der Waals surface area contributed by atoms with Gasteiger partial charge in [-0.15, -0.1) is 0 Å². The van der Waals surface area contributed by atoms with Gasteiger partial charge in [0.1, 0.15) is 0 Å². The maximum Gasteiger partial charge on any atom is 0.0482 e. The van der Waals surface area contributed by atoms with E-state index in [1.807, 2.05) is 0 Å². The lowest BCUT2D eigenvalue weighted by Gasteiger charge is -2.11. The Morgan fingerprint density at radius 1 is 1.35 bits per heavy atom. The number of aromatic nitrogens is 1. The molecule has 3 N–H and O–H groups in total. The monoisotopic (exact) mass is 232 g/mol. The van der Waals surface area contributed by atoms with Crippen LogP contribution in [0, 0.1) is 12.8 Å². The third-order valence-corrected chi connectivity index (χ3v) is 3.61. The van der Waals surface area contributed by atoms with Gasteiger partial charge in [-0.3, -0.25) is 0 Å². The molecule has 1 atom stereocenters. The molecule has 0 radical (unpaired) electrons. The minimum Gasteiger partial charge on any atom is -0.396 e. The van der Waals surface area contributed by atoms with Crippen LogP contribution in [0.15, 0.2) is 24.3 Å². The lowest BCUT2D eigenvalue weighted by atomic mass is 9.98. The van der Waals surface area contributed by atoms with Crippen molar-refractivity contribution in [3.8, 4) is 0 Å². The molecule has 0 aliphatic carbocycles. The first-order chi connectivity index (χ1) is 8.19. The zero-order valence-electron chi connectivity index (χ0n) is 10.5. The molecule has 0 aliphatic heterocycles. The van der Waals surface area contributed by atoms with Crippen LogP contribution < -0.4 is 5.73 Å². The van der Waals surface area contributed by atoms with Crippen molar-refractivity contribution >= 4 is 10.9 Å². The van der Waals surface area contributed by atoms with E-state index >= 15 is 0 Å². The predicted octanol–water partition coefficient (Wildman–Crippen LogP) is 1.60. The van der Waals surface area contributed by atoms with E-state index in [4.69, 9.17) is 5.73 Å². The minimum absolute atomic E-state index is 0.152. The van der Waals surface area contributed by atoms with Crippen molar-refractivity contribution in [3.05, 3.63) is 35.5 Å². The second-order valence-electron chi connectivity index (χ2n) is 4.63. The second kappa shape index (κ2) is 4.90. The van der Waals surface area contributed by atoms with Crippen LogP contribution in [0.3, 0.4) is 0 Å². The third-order valence-electron chi connectivity index (χ3n) is 3.61. The molecular weight excluding hydrogens is 212 g/mol. The van der Waals surface area contributed by atoms with Crippen molar-refractivity contribution < 1.29 is 5.11 Å². The molecule has 1 unspecified atom stereocenters. The molecule has 2 aromatic rings. The van der Waals surface area contributed by atoms with Gasteiger partial charge in [0, 0.05) is 30.3 Å². The summed E-state index contributed by atoms with van der Waals surface area (Å²) in [7, 11) is 2.08. The molecule has 0 saturated carbocycles. The summed E-state index contributed by atoms with van der Waals surface area (Å²) in [4.78, 5) is 0. The summed E-state index contributed by atoms with van der Waals surface area (Å²) in [5.41, 5.74) is 9.48. The molecule has 3 heteroatoms. The topological polar surface area (TPSA) is 51.2 Å². The Morgan fingerprint density at radius 3 is 2.71 bits per heavy atom. The molecule has 1 aromatic heterocycles. The van der Waals surface area contributed by atoms with E-state index in [0.717, 1.165) is 6.42 Å². The summed E-state index contributed by atoms with van der Waals surface area (Å²) >= 11 is 0. The Balaban J connectivity index is 2.49. The molecule has 0 spiro atoms. The average molecular weight is 232 g/mol. The van der Waals surface area contributed by atoms with E-state index < -0.39 is 0 Å². The number of nitrogens with zero attached hydrogens (tertiary/aromatic N) is 1. The zero-order chi connectivity index (χ0) is 12.4. The highest BCUT2D eigenvalue weighted by atomic mass is 16.3. The maximum atomic E-state index is 9.27. The third kappa shape index (κ3) is 2.08. The Morgan fingerprint density at radius 2 is 2.06 bits per heavy atom. The normalized spacial score (nSPS) is 13.2. The van der Waals surface area contributed by atoms with Crippen LogP contribution in [-0.2, 0) is 13.5 Å². The fourth-order valence-electron chi connectivity index (χ4n) is 2.37. The summed E-state index contributed by atoms with van der Waals surface area (Å²) in [6.45, 7) is 2.80. The van der Waals surface area contributed by atoms with Gasteiger partial charge >= 0.3 is 0 Å². The first-order valence-electron chi connectivity index (χ1n) is 6.02. The van der Waals surface area contributed by atoms with Crippen molar-refractivity contribution in [2.24, 2.45) is 18.7 Å². The number of aliphatic hydroxyl groups is 1. The number of benzene rings is 1. The first-order valence-corrected chi connectivity index (χ1v) is 6.02.